The number of nitro groups is 1. The van der Waals surface area contributed by atoms with Gasteiger partial charge in [-0.1, -0.05) is 0 Å². The third-order valence-corrected chi connectivity index (χ3v) is 1.17. The third kappa shape index (κ3) is 4.31. The van der Waals surface area contributed by atoms with Crippen LogP contribution in [0.3, 0.4) is 0 Å². The molecule has 0 bridgehead atoms. The van der Waals surface area contributed by atoms with Crippen molar-refractivity contribution < 1.29 is 14.6 Å². The molecule has 12 heavy (non-hydrogen) atoms. The van der Waals surface area contributed by atoms with Crippen molar-refractivity contribution in [3.05, 3.63) is 10.1 Å². The summed E-state index contributed by atoms with van der Waals surface area (Å²) >= 11 is 0. The molecule has 0 atom stereocenters. The zero-order valence-electron chi connectivity index (χ0n) is 6.94. The number of nitrogens with zero attached hydrogens (tertiary/aromatic N) is 2. The van der Waals surface area contributed by atoms with Gasteiger partial charge in [0, 0.05) is 6.54 Å². The molecule has 0 heterocycles. The van der Waals surface area contributed by atoms with Crippen molar-refractivity contribution in [1.29, 1.82) is 0 Å². The van der Waals surface area contributed by atoms with Gasteiger partial charge in [-0.3, -0.25) is 0 Å². The summed E-state index contributed by atoms with van der Waals surface area (Å²) in [5.74, 6) is 0. The lowest BCUT2D eigenvalue weighted by Crippen LogP contribution is -2.35. The van der Waals surface area contributed by atoms with Crippen LogP contribution < -0.4 is 5.32 Å². The molecule has 0 saturated heterocycles. The van der Waals surface area contributed by atoms with Gasteiger partial charge in [-0.25, -0.2) is 14.9 Å². The van der Waals surface area contributed by atoms with Gasteiger partial charge in [0.15, 0.2) is 5.03 Å². The molecule has 1 amide bonds. The SMILES string of the molecule is COC(=O)NCCN(C)[N+](=O)[O-]. The smallest absolute Gasteiger partial charge is 0.406 e. The number of likely N-dealkylation sites (N-methyl/N-ethyl adjacent to an activating group) is 1. The summed E-state index contributed by atoms with van der Waals surface area (Å²) in [6.07, 6.45) is -0.591. The second kappa shape index (κ2) is 5.16. The van der Waals surface area contributed by atoms with E-state index in [-0.39, 0.29) is 13.1 Å². The van der Waals surface area contributed by atoms with Crippen LogP contribution in [0, 0.1) is 10.1 Å². The van der Waals surface area contributed by atoms with Gasteiger partial charge >= 0.3 is 6.09 Å². The van der Waals surface area contributed by atoms with Gasteiger partial charge in [-0.05, 0) is 0 Å². The van der Waals surface area contributed by atoms with Crippen LogP contribution in [0.15, 0.2) is 0 Å². The maximum Gasteiger partial charge on any atom is 0.406 e. The molecule has 0 rings (SSSR count). The van der Waals surface area contributed by atoms with Gasteiger partial charge in [0.2, 0.25) is 0 Å². The van der Waals surface area contributed by atoms with Crippen molar-refractivity contribution in [1.82, 2.24) is 10.3 Å². The van der Waals surface area contributed by atoms with Crippen molar-refractivity contribution in [2.45, 2.75) is 0 Å². The Morgan fingerprint density at radius 2 is 2.33 bits per heavy atom. The Balaban J connectivity index is 3.43. The van der Waals surface area contributed by atoms with Crippen molar-refractivity contribution in [3.63, 3.8) is 0 Å². The second-order valence-electron chi connectivity index (χ2n) is 2.04. The molecule has 0 unspecified atom stereocenters. The van der Waals surface area contributed by atoms with E-state index >= 15 is 0 Å². The minimum absolute atomic E-state index is 0.141. The first-order valence-corrected chi connectivity index (χ1v) is 3.25. The monoisotopic (exact) mass is 177 g/mol. The van der Waals surface area contributed by atoms with Crippen molar-refractivity contribution >= 4 is 6.09 Å². The lowest BCUT2D eigenvalue weighted by Gasteiger charge is -2.07. The van der Waals surface area contributed by atoms with Crippen LogP contribution in [-0.2, 0) is 4.74 Å². The van der Waals surface area contributed by atoms with Crippen molar-refractivity contribution in [3.8, 4) is 0 Å². The Labute approximate surface area is 69.4 Å². The van der Waals surface area contributed by atoms with E-state index in [1.54, 1.807) is 0 Å². The van der Waals surface area contributed by atoms with E-state index in [1.807, 2.05) is 0 Å². The Morgan fingerprint density at radius 1 is 1.75 bits per heavy atom. The number of rotatable bonds is 4. The number of hydrogen-bond acceptors (Lipinski definition) is 4. The molecule has 0 saturated carbocycles. The lowest BCUT2D eigenvalue weighted by atomic mass is 10.6. The molecule has 7 heteroatoms. The maximum atomic E-state index is 10.4. The van der Waals surface area contributed by atoms with Gasteiger partial charge < -0.3 is 10.1 Å². The standard InChI is InChI=1S/C5H11N3O4/c1-7(8(10)11)4-3-6-5(9)12-2/h3-4H2,1-2H3,(H,6,9). The summed E-state index contributed by atoms with van der Waals surface area (Å²) < 4.78 is 4.25. The number of amides is 1. The van der Waals surface area contributed by atoms with Crippen molar-refractivity contribution in [2.75, 3.05) is 27.2 Å². The van der Waals surface area contributed by atoms with Crippen LogP contribution in [-0.4, -0.2) is 43.4 Å². The number of carbonyl (C=O) groups excluding carboxylic acids is 1. The number of ether oxygens (including phenoxy) is 1. The predicted molar refractivity (Wildman–Crippen MR) is 40.0 cm³/mol. The Kier molecular flexibility index (Phi) is 4.51. The molecule has 0 aromatic carbocycles. The average molecular weight is 177 g/mol. The maximum absolute atomic E-state index is 10.4. The van der Waals surface area contributed by atoms with E-state index in [1.165, 1.54) is 14.2 Å². The number of carbonyl (C=O) groups is 1. The van der Waals surface area contributed by atoms with Gasteiger partial charge in [-0.2, -0.15) is 0 Å². The average Bonchev–Trinajstić information content (AvgIpc) is 2.03. The van der Waals surface area contributed by atoms with Crippen LogP contribution in [0.1, 0.15) is 0 Å². The van der Waals surface area contributed by atoms with Crippen LogP contribution in [0.2, 0.25) is 0 Å². The first-order chi connectivity index (χ1) is 5.57. The first-order valence-electron chi connectivity index (χ1n) is 3.25. The zero-order valence-corrected chi connectivity index (χ0v) is 6.94. The highest BCUT2D eigenvalue weighted by atomic mass is 16.7. The number of hydrogen-bond donors (Lipinski definition) is 1. The zero-order chi connectivity index (χ0) is 9.56. The Bertz CT molecular complexity index is 172. The molecular weight excluding hydrogens is 166 g/mol. The first kappa shape index (κ1) is 10.5. The fourth-order valence-electron chi connectivity index (χ4n) is 0.474. The summed E-state index contributed by atoms with van der Waals surface area (Å²) in [5, 5.41) is 12.7. The van der Waals surface area contributed by atoms with Crippen LogP contribution in [0.4, 0.5) is 4.79 Å². The topological polar surface area (TPSA) is 84.7 Å². The molecule has 0 radical (unpaired) electrons. The molecule has 0 aliphatic heterocycles. The third-order valence-electron chi connectivity index (χ3n) is 1.17. The summed E-state index contributed by atoms with van der Waals surface area (Å²) in [6, 6.07) is 0. The number of alkyl carbamates (subject to hydrolysis) is 1. The molecule has 7 nitrogen and oxygen atoms in total. The molecule has 0 aliphatic carbocycles. The molecule has 1 N–H and O–H groups in total. The number of methoxy groups -OCH3 is 1. The molecular formula is C5H11N3O4. The number of nitrogens with one attached hydrogen (secondary N) is 1. The molecule has 0 fully saturated rings. The highest BCUT2D eigenvalue weighted by Crippen LogP contribution is 1.80. The molecule has 0 spiro atoms. The van der Waals surface area contributed by atoms with E-state index in [0.717, 1.165) is 5.01 Å². The molecule has 0 aromatic heterocycles. The Morgan fingerprint density at radius 3 is 2.75 bits per heavy atom. The largest absolute Gasteiger partial charge is 0.453 e. The van der Waals surface area contributed by atoms with E-state index in [0.29, 0.717) is 0 Å². The van der Waals surface area contributed by atoms with Crippen molar-refractivity contribution in [2.24, 2.45) is 0 Å². The number of hydrazine groups is 1. The lowest BCUT2D eigenvalue weighted by molar-refractivity contribution is -0.648. The minimum atomic E-state index is -0.591. The highest BCUT2D eigenvalue weighted by Gasteiger charge is 2.06. The Hall–Kier alpha value is -1.53. The quantitative estimate of drug-likeness (QED) is 0.460. The van der Waals surface area contributed by atoms with E-state index in [9.17, 15) is 14.9 Å². The molecule has 70 valence electrons. The van der Waals surface area contributed by atoms with Crippen LogP contribution >= 0.6 is 0 Å². The van der Waals surface area contributed by atoms with Gasteiger partial charge in [0.1, 0.15) is 0 Å². The summed E-state index contributed by atoms with van der Waals surface area (Å²) in [5.41, 5.74) is 0. The van der Waals surface area contributed by atoms with E-state index in [2.05, 4.69) is 10.1 Å². The van der Waals surface area contributed by atoms with Gasteiger partial charge in [0.25, 0.3) is 0 Å². The summed E-state index contributed by atoms with van der Waals surface area (Å²) in [7, 11) is 2.55. The highest BCUT2D eigenvalue weighted by molar-refractivity contribution is 5.66. The normalized spacial score (nSPS) is 8.83. The van der Waals surface area contributed by atoms with E-state index in [4.69, 9.17) is 0 Å². The van der Waals surface area contributed by atoms with Crippen LogP contribution in [0.25, 0.3) is 0 Å². The molecule has 0 aliphatic rings. The fourth-order valence-corrected chi connectivity index (χ4v) is 0.474. The van der Waals surface area contributed by atoms with E-state index < -0.39 is 11.1 Å². The predicted octanol–water partition coefficient (Wildman–Crippen LogP) is -0.534. The fraction of sp³-hybridized carbons (Fsp3) is 0.800. The second-order valence-corrected chi connectivity index (χ2v) is 2.04. The van der Waals surface area contributed by atoms with Gasteiger partial charge in [0.05, 0.1) is 20.7 Å². The summed E-state index contributed by atoms with van der Waals surface area (Å²) in [6.45, 7) is 0.326. The van der Waals surface area contributed by atoms with Crippen LogP contribution in [0.5, 0.6) is 0 Å². The summed E-state index contributed by atoms with van der Waals surface area (Å²) in [4.78, 5) is 20.5. The van der Waals surface area contributed by atoms with Gasteiger partial charge in [-0.15, -0.1) is 5.01 Å². The minimum Gasteiger partial charge on any atom is -0.453 e. The molecule has 0 aromatic rings.